The van der Waals surface area contributed by atoms with Crippen LogP contribution in [-0.2, 0) is 19.1 Å². The number of carbonyl (C=O) groups is 3. The van der Waals surface area contributed by atoms with E-state index in [0.717, 1.165) is 64.2 Å². The summed E-state index contributed by atoms with van der Waals surface area (Å²) in [6, 6.07) is -0.579. The number of hydrogen-bond donors (Lipinski definition) is 1. The van der Waals surface area contributed by atoms with E-state index in [0.29, 0.717) is 32.7 Å². The first-order chi connectivity index (χ1) is 18.3. The van der Waals surface area contributed by atoms with Gasteiger partial charge in [-0.15, -0.1) is 24.9 Å². The lowest BCUT2D eigenvalue weighted by molar-refractivity contribution is -0.155. The first kappa shape index (κ1) is 30.7. The van der Waals surface area contributed by atoms with Crippen LogP contribution < -0.4 is 0 Å². The highest BCUT2D eigenvalue weighted by molar-refractivity contribution is 8.02. The molecular formula is C30H48N2O5S. The lowest BCUT2D eigenvalue weighted by Gasteiger charge is -2.37. The van der Waals surface area contributed by atoms with Crippen LogP contribution in [0.5, 0.6) is 0 Å². The molecule has 1 spiro atoms. The molecule has 214 valence electrons. The van der Waals surface area contributed by atoms with Crippen molar-refractivity contribution in [3.63, 3.8) is 0 Å². The number of carbonyl (C=O) groups excluding carboxylic acids is 3. The number of rotatable bonds is 18. The maximum atomic E-state index is 14.3. The number of hydrogen-bond acceptors (Lipinski definition) is 6. The van der Waals surface area contributed by atoms with Crippen LogP contribution in [0.4, 0.5) is 0 Å². The lowest BCUT2D eigenvalue weighted by atomic mass is 9.66. The topological polar surface area (TPSA) is 87.1 Å². The van der Waals surface area contributed by atoms with Crippen LogP contribution in [0.25, 0.3) is 0 Å². The molecule has 0 aromatic heterocycles. The fourth-order valence-corrected chi connectivity index (χ4v) is 9.05. The molecule has 0 radical (unpaired) electrons. The zero-order valence-corrected chi connectivity index (χ0v) is 24.3. The highest BCUT2D eigenvalue weighted by atomic mass is 32.2. The summed E-state index contributed by atoms with van der Waals surface area (Å²) in [5.74, 6) is -1.46. The van der Waals surface area contributed by atoms with Gasteiger partial charge in [0.25, 0.3) is 0 Å². The molecule has 0 aromatic carbocycles. The number of amides is 2. The van der Waals surface area contributed by atoms with Crippen LogP contribution in [0.15, 0.2) is 25.3 Å². The van der Waals surface area contributed by atoms with E-state index in [1.807, 2.05) is 11.0 Å². The Kier molecular flexibility index (Phi) is 11.3. The second kappa shape index (κ2) is 14.0. The van der Waals surface area contributed by atoms with Crippen molar-refractivity contribution in [3.05, 3.63) is 25.3 Å². The maximum Gasteiger partial charge on any atom is 0.311 e. The molecule has 2 unspecified atom stereocenters. The largest absolute Gasteiger partial charge is 0.465 e. The smallest absolute Gasteiger partial charge is 0.311 e. The second-order valence-corrected chi connectivity index (χ2v) is 13.2. The van der Waals surface area contributed by atoms with E-state index < -0.39 is 27.4 Å². The predicted molar refractivity (Wildman–Crippen MR) is 153 cm³/mol. The van der Waals surface area contributed by atoms with Crippen LogP contribution in [0.3, 0.4) is 0 Å². The van der Waals surface area contributed by atoms with Gasteiger partial charge in [0.05, 0.1) is 23.2 Å². The number of thioether (sulfide) groups is 1. The fraction of sp³-hybridized carbons (Fsp3) is 0.767. The predicted octanol–water partition coefficient (Wildman–Crippen LogP) is 4.73. The Hall–Kier alpha value is -1.80. The molecule has 3 rings (SSSR count). The number of aliphatic hydroxyl groups is 1. The maximum absolute atomic E-state index is 14.3. The molecule has 0 aliphatic carbocycles. The molecule has 3 aliphatic rings. The second-order valence-electron chi connectivity index (χ2n) is 11.3. The van der Waals surface area contributed by atoms with Crippen LogP contribution in [-0.4, -0.2) is 81.1 Å². The van der Waals surface area contributed by atoms with Gasteiger partial charge in [0, 0.05) is 31.0 Å². The molecule has 3 heterocycles. The SMILES string of the molecule is C=CCCCOC(=O)[C@@H]1[C@H]2C(=O)N(CCCCCCO)C(C(=O)N(CC=C)CCCCC)C23CC[C@@]1(C)S3. The van der Waals surface area contributed by atoms with Crippen molar-refractivity contribution in [1.29, 1.82) is 0 Å². The van der Waals surface area contributed by atoms with Crippen LogP contribution in [0.1, 0.15) is 84.5 Å². The zero-order chi connectivity index (χ0) is 27.8. The van der Waals surface area contributed by atoms with Crippen LogP contribution in [0, 0.1) is 11.8 Å². The summed E-state index contributed by atoms with van der Waals surface area (Å²) in [4.78, 5) is 45.5. The monoisotopic (exact) mass is 548 g/mol. The third-order valence-corrected chi connectivity index (χ3v) is 10.5. The van der Waals surface area contributed by atoms with Gasteiger partial charge in [0.2, 0.25) is 11.8 Å². The first-order valence-electron chi connectivity index (χ1n) is 14.6. The molecule has 3 aliphatic heterocycles. The van der Waals surface area contributed by atoms with E-state index in [1.165, 1.54) is 0 Å². The number of aliphatic hydroxyl groups excluding tert-OH is 1. The van der Waals surface area contributed by atoms with E-state index in [1.54, 1.807) is 22.7 Å². The summed E-state index contributed by atoms with van der Waals surface area (Å²) in [5, 5.41) is 9.14. The number of likely N-dealkylation sites (tertiary alicyclic amines) is 1. The number of esters is 1. The average molecular weight is 549 g/mol. The molecule has 0 saturated carbocycles. The molecule has 2 bridgehead atoms. The minimum absolute atomic E-state index is 0.0102. The number of ether oxygens (including phenoxy) is 1. The van der Waals surface area contributed by atoms with Gasteiger partial charge in [-0.1, -0.05) is 44.8 Å². The first-order valence-corrected chi connectivity index (χ1v) is 15.4. The minimum Gasteiger partial charge on any atom is -0.465 e. The van der Waals surface area contributed by atoms with Gasteiger partial charge >= 0.3 is 5.97 Å². The average Bonchev–Trinajstić information content (AvgIpc) is 3.46. The molecule has 0 aromatic rings. The zero-order valence-electron chi connectivity index (χ0n) is 23.5. The van der Waals surface area contributed by atoms with Crippen molar-refractivity contribution in [3.8, 4) is 0 Å². The molecule has 7 nitrogen and oxygen atoms in total. The van der Waals surface area contributed by atoms with Gasteiger partial charge < -0.3 is 19.6 Å². The Labute approximate surface area is 233 Å². The van der Waals surface area contributed by atoms with E-state index in [9.17, 15) is 14.4 Å². The van der Waals surface area contributed by atoms with Gasteiger partial charge in [-0.2, -0.15) is 0 Å². The van der Waals surface area contributed by atoms with Crippen molar-refractivity contribution in [1.82, 2.24) is 9.80 Å². The molecule has 1 N–H and O–H groups in total. The third kappa shape index (κ3) is 6.16. The van der Waals surface area contributed by atoms with E-state index >= 15 is 0 Å². The van der Waals surface area contributed by atoms with E-state index in [2.05, 4.69) is 27.0 Å². The fourth-order valence-electron chi connectivity index (χ4n) is 6.71. The highest BCUT2D eigenvalue weighted by Crippen LogP contribution is 2.71. The Morgan fingerprint density at radius 1 is 1.13 bits per heavy atom. The molecule has 5 atom stereocenters. The molecule has 38 heavy (non-hydrogen) atoms. The highest BCUT2D eigenvalue weighted by Gasteiger charge is 2.77. The van der Waals surface area contributed by atoms with Gasteiger partial charge in [0.1, 0.15) is 6.04 Å². The molecular weight excluding hydrogens is 500 g/mol. The number of allylic oxidation sites excluding steroid dienone is 1. The Morgan fingerprint density at radius 2 is 1.89 bits per heavy atom. The molecule has 3 fully saturated rings. The van der Waals surface area contributed by atoms with E-state index in [4.69, 9.17) is 9.84 Å². The molecule has 8 heteroatoms. The third-order valence-electron chi connectivity index (χ3n) is 8.56. The Morgan fingerprint density at radius 3 is 2.58 bits per heavy atom. The van der Waals surface area contributed by atoms with Gasteiger partial charge in [-0.05, 0) is 51.9 Å². The summed E-state index contributed by atoms with van der Waals surface area (Å²) < 4.78 is 4.69. The quantitative estimate of drug-likeness (QED) is 0.151. The van der Waals surface area contributed by atoms with Crippen molar-refractivity contribution >= 4 is 29.5 Å². The summed E-state index contributed by atoms with van der Waals surface area (Å²) in [5.41, 5.74) is 0. The Balaban J connectivity index is 1.90. The summed E-state index contributed by atoms with van der Waals surface area (Å²) >= 11 is 1.70. The van der Waals surface area contributed by atoms with Gasteiger partial charge in [-0.25, -0.2) is 0 Å². The summed E-state index contributed by atoms with van der Waals surface area (Å²) in [6.45, 7) is 13.9. The van der Waals surface area contributed by atoms with Crippen molar-refractivity contribution < 1.29 is 24.2 Å². The molecule has 3 saturated heterocycles. The number of unbranched alkanes of at least 4 members (excludes halogenated alkanes) is 6. The van der Waals surface area contributed by atoms with Crippen molar-refractivity contribution in [2.24, 2.45) is 11.8 Å². The van der Waals surface area contributed by atoms with Crippen molar-refractivity contribution in [2.45, 2.75) is 100 Å². The summed E-state index contributed by atoms with van der Waals surface area (Å²) in [7, 11) is 0. The number of nitrogens with zero attached hydrogens (tertiary/aromatic N) is 2. The Bertz CT molecular complexity index is 866. The van der Waals surface area contributed by atoms with Gasteiger partial charge in [-0.3, -0.25) is 14.4 Å². The normalized spacial score (nSPS) is 29.4. The minimum atomic E-state index is -0.608. The van der Waals surface area contributed by atoms with Crippen LogP contribution >= 0.6 is 11.8 Å². The standard InChI is InChI=1S/C30H48N2O5S/c1-5-8-12-19-31(18-7-3)27(35)25-30-17-16-29(4,38-30)24(28(36)37-22-15-9-6-2)23(30)26(34)32(25)20-13-10-11-14-21-33/h6-7,23-25,33H,2-3,5,8-22H2,1,4H3/t23-,24-,25?,29+,30?/m0/s1. The lowest BCUT2D eigenvalue weighted by Crippen LogP contribution is -2.55. The van der Waals surface area contributed by atoms with Crippen LogP contribution in [0.2, 0.25) is 0 Å². The number of fused-ring (bicyclic) bond motifs is 1. The summed E-state index contributed by atoms with van der Waals surface area (Å²) in [6.07, 6.45) is 12.9. The molecule has 2 amide bonds. The van der Waals surface area contributed by atoms with Gasteiger partial charge in [0.15, 0.2) is 0 Å². The van der Waals surface area contributed by atoms with Crippen molar-refractivity contribution in [2.75, 3.05) is 32.8 Å². The van der Waals surface area contributed by atoms with E-state index in [-0.39, 0.29) is 24.4 Å².